The van der Waals surface area contributed by atoms with Crippen molar-refractivity contribution in [2.24, 2.45) is 0 Å². The standard InChI is InChI=1S/C96H112N6O2/c1-3-5-7-9-11-13-15-17-19-21-23-25-27-29-31-41-69-103-95-76-84(64-58-80-55-61-82(62-56-80)86-73-93(89-45-35-39-67-99-89)102-94(74-86)90-46-36-40-68-100-90)96(104-70-42-32-30-28-26-24-22-20-18-16-14-12-10-8-6-4-2)75-83(95)63-57-78-50-47-77(48-51-78)49-52-79-53-59-81(60-54-79)85-71-91(87-43-33-37-65-97-87)101-92(72-85)88-44-34-38-66-98-88/h33-40,43-56,58-62,64-68,71-76H,3-32,41-42,69-70H2,1-2H3/b52-49+,64-58+. The van der Waals surface area contributed by atoms with Gasteiger partial charge in [-0.05, 0) is 143 Å². The molecule has 10 aromatic rings. The van der Waals surface area contributed by atoms with Crippen LogP contribution in [0.15, 0.2) is 207 Å². The van der Waals surface area contributed by atoms with E-state index in [0.29, 0.717) is 13.2 Å². The Morgan fingerprint density at radius 2 is 0.577 bits per heavy atom. The lowest BCUT2D eigenvalue weighted by molar-refractivity contribution is 0.295. The van der Waals surface area contributed by atoms with E-state index in [2.05, 4.69) is 179 Å². The van der Waals surface area contributed by atoms with E-state index in [1.54, 1.807) is 12.4 Å². The molecule has 0 atom stereocenters. The van der Waals surface area contributed by atoms with E-state index in [-0.39, 0.29) is 0 Å². The van der Waals surface area contributed by atoms with Crippen LogP contribution in [0.5, 0.6) is 11.5 Å². The summed E-state index contributed by atoms with van der Waals surface area (Å²) in [6.07, 6.45) is 58.5. The van der Waals surface area contributed by atoms with Crippen LogP contribution in [-0.2, 0) is 0 Å². The zero-order valence-corrected chi connectivity index (χ0v) is 62.5. The highest BCUT2D eigenvalue weighted by Gasteiger charge is 2.15. The summed E-state index contributed by atoms with van der Waals surface area (Å²) < 4.78 is 13.7. The lowest BCUT2D eigenvalue weighted by Gasteiger charge is -2.15. The smallest absolute Gasteiger partial charge is 0.135 e. The molecule has 10 rings (SSSR count). The van der Waals surface area contributed by atoms with Crippen LogP contribution in [0.2, 0.25) is 0 Å². The van der Waals surface area contributed by atoms with Gasteiger partial charge < -0.3 is 9.47 Å². The van der Waals surface area contributed by atoms with Crippen LogP contribution in [0.1, 0.15) is 253 Å². The number of hydrogen-bond donors (Lipinski definition) is 0. The zero-order chi connectivity index (χ0) is 71.5. The second kappa shape index (κ2) is 45.5. The number of rotatable bonds is 46. The first-order chi connectivity index (χ1) is 51.5. The third-order valence-electron chi connectivity index (χ3n) is 19.6. The molecule has 0 saturated heterocycles. The van der Waals surface area contributed by atoms with Crippen LogP contribution in [0, 0.1) is 11.8 Å². The van der Waals surface area contributed by atoms with Gasteiger partial charge in [-0.1, -0.05) is 328 Å². The van der Waals surface area contributed by atoms with E-state index in [9.17, 15) is 0 Å². The number of nitrogens with zero attached hydrogens (tertiary/aromatic N) is 6. The van der Waals surface area contributed by atoms with E-state index >= 15 is 0 Å². The fourth-order valence-electron chi connectivity index (χ4n) is 13.5. The summed E-state index contributed by atoms with van der Waals surface area (Å²) in [6.45, 7) is 5.86. The summed E-state index contributed by atoms with van der Waals surface area (Å²) in [5, 5.41) is 0. The van der Waals surface area contributed by atoms with Crippen LogP contribution in [0.25, 0.3) is 92.1 Å². The quantitative estimate of drug-likeness (QED) is 0.0212. The molecule has 0 aliphatic carbocycles. The van der Waals surface area contributed by atoms with E-state index in [1.807, 2.05) is 85.2 Å². The topological polar surface area (TPSA) is 95.8 Å². The highest BCUT2D eigenvalue weighted by molar-refractivity contribution is 5.80. The van der Waals surface area contributed by atoms with E-state index in [1.165, 1.54) is 180 Å². The average molecular weight is 1380 g/mol. The minimum atomic E-state index is 0.629. The molecule has 104 heavy (non-hydrogen) atoms. The van der Waals surface area contributed by atoms with E-state index < -0.39 is 0 Å². The Bertz CT molecular complexity index is 4050. The summed E-state index contributed by atoms with van der Waals surface area (Å²) >= 11 is 0. The predicted molar refractivity (Wildman–Crippen MR) is 439 cm³/mol. The van der Waals surface area contributed by atoms with Crippen LogP contribution >= 0.6 is 0 Å². The first-order valence-corrected chi connectivity index (χ1v) is 39.9. The SMILES string of the molecule is CCCCCCCCCCCCCCCCCCOc1cc(/C=C/c2ccc(-c3cc(-c4ccccn4)nc(-c4ccccn4)c3)cc2)c(OCCCCCCCCCCCCCCCCCC)cc1C#Cc1ccc(/C=C/c2ccc(-c3cc(-c4ccccn4)nc(-c4ccccn4)c3)cc2)cc1. The van der Waals surface area contributed by atoms with Gasteiger partial charge in [0.1, 0.15) is 11.5 Å². The average Bonchev–Trinajstić information content (AvgIpc) is 0.818. The first-order valence-electron chi connectivity index (χ1n) is 39.9. The molecular weight excluding hydrogens is 1270 g/mol. The lowest BCUT2D eigenvalue weighted by Crippen LogP contribution is -2.03. The summed E-state index contributed by atoms with van der Waals surface area (Å²) in [4.78, 5) is 28.5. The Kier molecular flexibility index (Phi) is 33.7. The normalized spacial score (nSPS) is 11.4. The molecule has 0 aliphatic rings. The monoisotopic (exact) mass is 1380 g/mol. The Morgan fingerprint density at radius 1 is 0.269 bits per heavy atom. The molecule has 0 amide bonds. The van der Waals surface area contributed by atoms with Gasteiger partial charge in [0.05, 0.1) is 64.3 Å². The van der Waals surface area contributed by atoms with Crippen molar-refractivity contribution in [1.29, 1.82) is 0 Å². The predicted octanol–water partition coefficient (Wildman–Crippen LogP) is 27.1. The first kappa shape index (κ1) is 77.0. The molecule has 6 heterocycles. The highest BCUT2D eigenvalue weighted by atomic mass is 16.5. The van der Waals surface area contributed by atoms with Crippen LogP contribution in [0.4, 0.5) is 0 Å². The van der Waals surface area contributed by atoms with Crippen LogP contribution in [0.3, 0.4) is 0 Å². The molecule has 0 aliphatic heterocycles. The minimum absolute atomic E-state index is 0.629. The van der Waals surface area contributed by atoms with Gasteiger partial charge in [0.2, 0.25) is 0 Å². The van der Waals surface area contributed by atoms with Gasteiger partial charge in [-0.15, -0.1) is 0 Å². The van der Waals surface area contributed by atoms with Gasteiger partial charge in [0.15, 0.2) is 0 Å². The van der Waals surface area contributed by atoms with Crippen molar-refractivity contribution >= 4 is 24.3 Å². The molecule has 0 bridgehead atoms. The Balaban J connectivity index is 0.833. The van der Waals surface area contributed by atoms with Crippen molar-refractivity contribution in [1.82, 2.24) is 29.9 Å². The van der Waals surface area contributed by atoms with Crippen molar-refractivity contribution < 1.29 is 9.47 Å². The molecule has 0 unspecified atom stereocenters. The summed E-state index contributed by atoms with van der Waals surface area (Å²) in [7, 11) is 0. The number of aromatic nitrogens is 6. The van der Waals surface area contributed by atoms with Gasteiger partial charge in [-0.25, -0.2) is 9.97 Å². The second-order valence-electron chi connectivity index (χ2n) is 28.1. The molecule has 6 aromatic heterocycles. The number of benzene rings is 4. The van der Waals surface area contributed by atoms with E-state index in [0.717, 1.165) is 138 Å². The zero-order valence-electron chi connectivity index (χ0n) is 62.5. The summed E-state index contributed by atoms with van der Waals surface area (Å²) in [5.74, 6) is 8.72. The van der Waals surface area contributed by atoms with Gasteiger partial charge in [0, 0.05) is 42.0 Å². The summed E-state index contributed by atoms with van der Waals surface area (Å²) in [6, 6.07) is 62.3. The van der Waals surface area contributed by atoms with Gasteiger partial charge in [-0.2, -0.15) is 0 Å². The fraction of sp³-hybridized carbons (Fsp3) is 0.375. The molecule has 0 saturated carbocycles. The Labute approximate surface area is 623 Å². The van der Waals surface area contributed by atoms with Crippen molar-refractivity contribution in [2.75, 3.05) is 13.2 Å². The lowest BCUT2D eigenvalue weighted by atomic mass is 10.0. The maximum Gasteiger partial charge on any atom is 0.135 e. The third kappa shape index (κ3) is 26.9. The summed E-state index contributed by atoms with van der Waals surface area (Å²) in [5.41, 5.74) is 16.8. The molecule has 0 spiro atoms. The molecule has 8 nitrogen and oxygen atoms in total. The van der Waals surface area contributed by atoms with Gasteiger partial charge >= 0.3 is 0 Å². The molecule has 4 aromatic carbocycles. The molecule has 0 N–H and O–H groups in total. The van der Waals surface area contributed by atoms with Gasteiger partial charge in [-0.3, -0.25) is 19.9 Å². The third-order valence-corrected chi connectivity index (χ3v) is 19.6. The Hall–Kier alpha value is -9.58. The van der Waals surface area contributed by atoms with Gasteiger partial charge in [0.25, 0.3) is 0 Å². The maximum absolute atomic E-state index is 6.85. The number of unbranched alkanes of at least 4 members (excludes halogenated alkanes) is 30. The highest BCUT2D eigenvalue weighted by Crippen LogP contribution is 2.35. The van der Waals surface area contributed by atoms with Crippen molar-refractivity contribution in [3.05, 3.63) is 240 Å². The Morgan fingerprint density at radius 3 is 0.904 bits per heavy atom. The maximum atomic E-state index is 6.85. The molecule has 0 radical (unpaired) electrons. The molecular formula is C96H112N6O2. The molecule has 0 fully saturated rings. The van der Waals surface area contributed by atoms with Crippen molar-refractivity contribution in [3.8, 4) is 91.1 Å². The van der Waals surface area contributed by atoms with Crippen molar-refractivity contribution in [2.45, 2.75) is 219 Å². The minimum Gasteiger partial charge on any atom is -0.493 e. The van der Waals surface area contributed by atoms with Crippen LogP contribution in [-0.4, -0.2) is 43.1 Å². The molecule has 538 valence electrons. The molecule has 8 heteroatoms. The van der Waals surface area contributed by atoms with Crippen LogP contribution < -0.4 is 9.47 Å². The number of hydrogen-bond acceptors (Lipinski definition) is 8. The van der Waals surface area contributed by atoms with E-state index in [4.69, 9.17) is 19.4 Å². The number of pyridine rings is 6. The fourth-order valence-corrected chi connectivity index (χ4v) is 13.5. The largest absolute Gasteiger partial charge is 0.493 e. The second-order valence-corrected chi connectivity index (χ2v) is 28.1. The number of ether oxygens (including phenoxy) is 2. The van der Waals surface area contributed by atoms with Crippen molar-refractivity contribution in [3.63, 3.8) is 0 Å².